The summed E-state index contributed by atoms with van der Waals surface area (Å²) in [5.41, 5.74) is -2.59. The lowest BCUT2D eigenvalue weighted by Crippen LogP contribution is -2.66. The Kier molecular flexibility index (Phi) is 5.93. The largest absolute Gasteiger partial charge is 0.435 e. The molecule has 0 aliphatic heterocycles. The van der Waals surface area contributed by atoms with Gasteiger partial charge in [0.25, 0.3) is 0 Å². The van der Waals surface area contributed by atoms with Gasteiger partial charge in [-0.3, -0.25) is 14.3 Å². The maximum absolute atomic E-state index is 14.6. The van der Waals surface area contributed by atoms with Crippen LogP contribution >= 0.6 is 0 Å². The van der Waals surface area contributed by atoms with Crippen LogP contribution in [0.4, 0.5) is 13.2 Å². The Hall–Kier alpha value is -2.69. The summed E-state index contributed by atoms with van der Waals surface area (Å²) in [5, 5.41) is 14.0. The van der Waals surface area contributed by atoms with E-state index in [1.807, 2.05) is 26.0 Å². The average molecular weight is 582 g/mol. The lowest BCUT2D eigenvalue weighted by molar-refractivity contribution is -0.170. The maximum Gasteiger partial charge on any atom is 0.435 e. The molecule has 3 fully saturated rings. The molecule has 0 radical (unpaired) electrons. The zero-order valence-corrected chi connectivity index (χ0v) is 25.8. The van der Waals surface area contributed by atoms with Crippen molar-refractivity contribution in [2.45, 2.75) is 105 Å². The van der Waals surface area contributed by atoms with Gasteiger partial charge in [0, 0.05) is 22.9 Å². The number of carbonyl (C=O) groups is 2. The Balaban J connectivity index is 1.52. The van der Waals surface area contributed by atoms with Crippen molar-refractivity contribution >= 4 is 11.6 Å². The third kappa shape index (κ3) is 3.57. The van der Waals surface area contributed by atoms with Gasteiger partial charge in [-0.2, -0.15) is 23.5 Å². The number of fused-ring (bicyclic) bond motifs is 7. The number of rotatable bonds is 1. The van der Waals surface area contributed by atoms with E-state index >= 15 is 0 Å². The van der Waals surface area contributed by atoms with Gasteiger partial charge in [0.1, 0.15) is 6.07 Å². The van der Waals surface area contributed by atoms with Gasteiger partial charge in [0.05, 0.1) is 11.1 Å². The van der Waals surface area contributed by atoms with Crippen LogP contribution in [0.1, 0.15) is 99.1 Å². The van der Waals surface area contributed by atoms with Crippen molar-refractivity contribution in [2.75, 3.05) is 0 Å². The molecule has 5 nitrogen and oxygen atoms in total. The van der Waals surface area contributed by atoms with Crippen LogP contribution in [0.5, 0.6) is 0 Å². The Labute approximate surface area is 246 Å². The van der Waals surface area contributed by atoms with Crippen LogP contribution in [-0.2, 0) is 21.3 Å². The minimum absolute atomic E-state index is 0.0310. The number of allylic oxidation sites excluding steroid dienone is 4. The van der Waals surface area contributed by atoms with Crippen molar-refractivity contribution in [3.8, 4) is 6.07 Å². The van der Waals surface area contributed by atoms with Crippen LogP contribution < -0.4 is 0 Å². The van der Waals surface area contributed by atoms with Crippen molar-refractivity contribution in [2.24, 2.45) is 44.8 Å². The number of carbonyl (C=O) groups excluding carboxylic acids is 2. The minimum atomic E-state index is -4.53. The molecule has 1 aromatic heterocycles. The highest BCUT2D eigenvalue weighted by Gasteiger charge is 2.70. The summed E-state index contributed by atoms with van der Waals surface area (Å²) >= 11 is 0. The van der Waals surface area contributed by atoms with Gasteiger partial charge in [-0.25, -0.2) is 0 Å². The van der Waals surface area contributed by atoms with Crippen LogP contribution in [0.15, 0.2) is 35.6 Å². The topological polar surface area (TPSA) is 75.8 Å². The SMILES string of the molecule is CC1(C)CC[C@]2(n3ccc(C(F)(F)F)n3)CC[C@]3(C)[C@H](C(=O)C=C4[C@@]5(C)C=C(C#N)C(=O)C(C)(C)[C@@H]5CC[C@]43C)[C@@H]2C1. The van der Waals surface area contributed by atoms with E-state index in [1.165, 1.54) is 6.20 Å². The number of hydrogen-bond donors (Lipinski definition) is 0. The van der Waals surface area contributed by atoms with Gasteiger partial charge in [-0.05, 0) is 85.2 Å². The molecule has 226 valence electrons. The Morgan fingerprint density at radius 3 is 2.29 bits per heavy atom. The monoisotopic (exact) mass is 581 g/mol. The molecule has 7 atom stereocenters. The molecule has 3 saturated carbocycles. The van der Waals surface area contributed by atoms with Crippen molar-refractivity contribution < 1.29 is 22.8 Å². The summed E-state index contributed by atoms with van der Waals surface area (Å²) in [5.74, 6) is -0.669. The van der Waals surface area contributed by atoms with E-state index in [4.69, 9.17) is 0 Å². The van der Waals surface area contributed by atoms with Gasteiger partial charge >= 0.3 is 6.18 Å². The molecule has 0 saturated heterocycles. The smallest absolute Gasteiger partial charge is 0.295 e. The standard InChI is InChI=1S/C34H42F3N3O2/c1-28(2)11-13-33(40-15-9-25(39-40)34(35,36)37)14-12-32(7)26(21(33)18-28)22(41)16-24-30(5)17-20(19-38)27(42)29(3,4)23(30)8-10-31(24,32)6/h9,15-17,21,23,26H,8,10-14,18H2,1-7H3/t21-,23-,26-,30-,31+,32+,33-/m0/s1. The number of hydrogen-bond acceptors (Lipinski definition) is 4. The first kappa shape index (κ1) is 29.4. The van der Waals surface area contributed by atoms with E-state index in [9.17, 15) is 28.0 Å². The van der Waals surface area contributed by atoms with Crippen molar-refractivity contribution in [3.05, 3.63) is 41.3 Å². The molecule has 5 aliphatic carbocycles. The van der Waals surface area contributed by atoms with E-state index in [2.05, 4.69) is 45.8 Å². The number of halogens is 3. The number of ketones is 2. The summed E-state index contributed by atoms with van der Waals surface area (Å²) in [6.07, 6.45) is 5.84. The summed E-state index contributed by atoms with van der Waals surface area (Å²) in [6.45, 7) is 14.9. The number of alkyl halides is 3. The lowest BCUT2D eigenvalue weighted by atomic mass is 9.35. The molecule has 8 heteroatoms. The first-order chi connectivity index (χ1) is 19.3. The van der Waals surface area contributed by atoms with Crippen LogP contribution in [0, 0.1) is 56.2 Å². The van der Waals surface area contributed by atoms with Gasteiger partial charge in [-0.1, -0.05) is 60.1 Å². The molecule has 1 aromatic rings. The Morgan fingerprint density at radius 2 is 1.67 bits per heavy atom. The van der Waals surface area contributed by atoms with Crippen molar-refractivity contribution in [3.63, 3.8) is 0 Å². The fourth-order valence-electron chi connectivity index (χ4n) is 10.7. The normalized spacial score (nSPS) is 42.3. The average Bonchev–Trinajstić information content (AvgIpc) is 3.39. The number of nitriles is 1. The summed E-state index contributed by atoms with van der Waals surface area (Å²) < 4.78 is 42.6. The third-order valence-electron chi connectivity index (χ3n) is 13.2. The highest BCUT2D eigenvalue weighted by Crippen LogP contribution is 2.74. The van der Waals surface area contributed by atoms with Gasteiger partial charge in [0.15, 0.2) is 17.3 Å². The highest BCUT2D eigenvalue weighted by atomic mass is 19.4. The van der Waals surface area contributed by atoms with Crippen molar-refractivity contribution in [1.29, 1.82) is 5.26 Å². The van der Waals surface area contributed by atoms with Crippen LogP contribution in [0.2, 0.25) is 0 Å². The second kappa shape index (κ2) is 8.48. The highest BCUT2D eigenvalue weighted by molar-refractivity contribution is 6.04. The number of Topliss-reactive ketones (excluding diaryl/α,β-unsaturated/α-hetero) is 1. The Morgan fingerprint density at radius 1 is 1.00 bits per heavy atom. The molecule has 42 heavy (non-hydrogen) atoms. The van der Waals surface area contributed by atoms with Crippen LogP contribution in [-0.4, -0.2) is 21.3 Å². The van der Waals surface area contributed by atoms with Gasteiger partial charge in [0.2, 0.25) is 0 Å². The fraction of sp³-hybridized carbons (Fsp3) is 0.706. The quantitative estimate of drug-likeness (QED) is 0.339. The molecule has 0 N–H and O–H groups in total. The zero-order valence-electron chi connectivity index (χ0n) is 25.8. The molecular formula is C34H42F3N3O2. The summed E-state index contributed by atoms with van der Waals surface area (Å²) in [7, 11) is 0. The molecular weight excluding hydrogens is 539 g/mol. The summed E-state index contributed by atoms with van der Waals surface area (Å²) in [6, 6.07) is 3.21. The van der Waals surface area contributed by atoms with E-state index in [0.717, 1.165) is 37.3 Å². The molecule has 5 aliphatic rings. The zero-order chi connectivity index (χ0) is 30.9. The number of nitrogens with zero attached hydrogens (tertiary/aromatic N) is 3. The molecule has 0 bridgehead atoms. The van der Waals surface area contributed by atoms with Gasteiger partial charge in [-0.15, -0.1) is 0 Å². The molecule has 0 unspecified atom stereocenters. The number of aromatic nitrogens is 2. The fourth-order valence-corrected chi connectivity index (χ4v) is 10.7. The van der Waals surface area contributed by atoms with Crippen molar-refractivity contribution in [1.82, 2.24) is 9.78 Å². The molecule has 6 rings (SSSR count). The molecule has 1 heterocycles. The van der Waals surface area contributed by atoms with E-state index in [0.29, 0.717) is 19.3 Å². The molecule has 0 aromatic carbocycles. The maximum atomic E-state index is 14.6. The molecule has 0 spiro atoms. The second-order valence-electron chi connectivity index (χ2n) is 16.0. The van der Waals surface area contributed by atoms with E-state index in [-0.39, 0.29) is 45.7 Å². The first-order valence-electron chi connectivity index (χ1n) is 15.3. The predicted octanol–water partition coefficient (Wildman–Crippen LogP) is 7.83. The third-order valence-corrected chi connectivity index (χ3v) is 13.2. The minimum Gasteiger partial charge on any atom is -0.295 e. The predicted molar refractivity (Wildman–Crippen MR) is 152 cm³/mol. The van der Waals surface area contributed by atoms with Crippen LogP contribution in [0.25, 0.3) is 0 Å². The molecule has 0 amide bonds. The lowest BCUT2D eigenvalue weighted by Gasteiger charge is -2.69. The van der Waals surface area contributed by atoms with E-state index < -0.39 is 33.7 Å². The second-order valence-corrected chi connectivity index (χ2v) is 16.0. The van der Waals surface area contributed by atoms with E-state index in [1.54, 1.807) is 4.68 Å². The van der Waals surface area contributed by atoms with Crippen LogP contribution in [0.3, 0.4) is 0 Å². The Bertz CT molecular complexity index is 1490. The van der Waals surface area contributed by atoms with Gasteiger partial charge < -0.3 is 0 Å². The summed E-state index contributed by atoms with van der Waals surface area (Å²) in [4.78, 5) is 27.9. The first-order valence-corrected chi connectivity index (χ1v) is 15.3.